The second-order valence-corrected chi connectivity index (χ2v) is 3.85. The molecule has 3 heteroatoms. The van der Waals surface area contributed by atoms with Crippen LogP contribution in [0.4, 0.5) is 5.69 Å². The second kappa shape index (κ2) is 4.58. The van der Waals surface area contributed by atoms with E-state index in [4.69, 9.17) is 23.2 Å². The third-order valence-corrected chi connectivity index (χ3v) is 1.84. The fraction of sp³-hybridized carbons (Fsp3) is 0.333. The molecular formula is C9H11Cl2N. The van der Waals surface area contributed by atoms with Crippen LogP contribution in [0, 0.1) is 0 Å². The van der Waals surface area contributed by atoms with Crippen LogP contribution < -0.4 is 5.32 Å². The second-order valence-electron chi connectivity index (χ2n) is 2.67. The molecule has 0 radical (unpaired) electrons. The van der Waals surface area contributed by atoms with Crippen LogP contribution >= 0.6 is 23.2 Å². The zero-order valence-corrected chi connectivity index (χ0v) is 8.36. The Bertz CT molecular complexity index is 231. The van der Waals surface area contributed by atoms with Crippen LogP contribution in [0.15, 0.2) is 24.3 Å². The minimum atomic E-state index is 0.140. The van der Waals surface area contributed by atoms with Crippen molar-refractivity contribution in [3.05, 3.63) is 29.3 Å². The van der Waals surface area contributed by atoms with Crippen molar-refractivity contribution in [1.82, 2.24) is 0 Å². The van der Waals surface area contributed by atoms with Gasteiger partial charge in [-0.15, -0.1) is 11.6 Å². The molecule has 0 amide bonds. The van der Waals surface area contributed by atoms with E-state index < -0.39 is 0 Å². The van der Waals surface area contributed by atoms with Gasteiger partial charge in [-0.3, -0.25) is 0 Å². The number of anilines is 1. The molecule has 0 aromatic heterocycles. The quantitative estimate of drug-likeness (QED) is 0.744. The Labute approximate surface area is 82.7 Å². The fourth-order valence-corrected chi connectivity index (χ4v) is 1.03. The molecule has 12 heavy (non-hydrogen) atoms. The zero-order chi connectivity index (χ0) is 8.97. The minimum Gasteiger partial charge on any atom is -0.384 e. The first-order valence-corrected chi connectivity index (χ1v) is 4.63. The first kappa shape index (κ1) is 9.69. The first-order chi connectivity index (χ1) is 5.68. The zero-order valence-electron chi connectivity index (χ0n) is 6.85. The third kappa shape index (κ3) is 3.33. The van der Waals surface area contributed by atoms with Gasteiger partial charge < -0.3 is 5.32 Å². The summed E-state index contributed by atoms with van der Waals surface area (Å²) in [5.41, 5.74) is 1.05. The number of rotatable bonds is 3. The van der Waals surface area contributed by atoms with Gasteiger partial charge in [0.15, 0.2) is 0 Å². The molecule has 1 atom stereocenters. The Hall–Kier alpha value is -0.400. The molecule has 0 aliphatic heterocycles. The van der Waals surface area contributed by atoms with Gasteiger partial charge in [-0.2, -0.15) is 0 Å². The summed E-state index contributed by atoms with van der Waals surface area (Å²) in [5.74, 6) is 0. The van der Waals surface area contributed by atoms with E-state index >= 15 is 0 Å². The van der Waals surface area contributed by atoms with Crippen LogP contribution in [0.2, 0.25) is 5.02 Å². The molecule has 0 fully saturated rings. The molecule has 0 bridgehead atoms. The van der Waals surface area contributed by atoms with Gasteiger partial charge >= 0.3 is 0 Å². The fourth-order valence-electron chi connectivity index (χ4n) is 0.826. The topological polar surface area (TPSA) is 12.0 Å². The van der Waals surface area contributed by atoms with Crippen molar-refractivity contribution in [2.24, 2.45) is 0 Å². The highest BCUT2D eigenvalue weighted by atomic mass is 35.5. The molecule has 0 saturated carbocycles. The maximum Gasteiger partial charge on any atom is 0.0480 e. The number of hydrogen-bond acceptors (Lipinski definition) is 1. The van der Waals surface area contributed by atoms with Crippen molar-refractivity contribution in [2.45, 2.75) is 12.3 Å². The predicted octanol–water partition coefficient (Wildman–Crippen LogP) is 3.38. The van der Waals surface area contributed by atoms with E-state index in [2.05, 4.69) is 5.32 Å². The molecule has 1 aromatic rings. The standard InChI is InChI=1S/C9H11Cl2N/c1-7(10)6-12-9-4-2-8(11)3-5-9/h2-5,7,12H,6H2,1H3. The summed E-state index contributed by atoms with van der Waals surface area (Å²) in [6.45, 7) is 2.72. The molecular weight excluding hydrogens is 193 g/mol. The SMILES string of the molecule is CC(Cl)CNc1ccc(Cl)cc1. The normalized spacial score (nSPS) is 12.6. The van der Waals surface area contributed by atoms with Crippen molar-refractivity contribution in [3.63, 3.8) is 0 Å². The van der Waals surface area contributed by atoms with Crippen LogP contribution in [-0.2, 0) is 0 Å². The Balaban J connectivity index is 2.48. The lowest BCUT2D eigenvalue weighted by atomic mass is 10.3. The predicted molar refractivity (Wildman–Crippen MR) is 55.3 cm³/mol. The lowest BCUT2D eigenvalue weighted by molar-refractivity contribution is 0.989. The molecule has 0 aliphatic rings. The van der Waals surface area contributed by atoms with Gasteiger partial charge in [-0.05, 0) is 31.2 Å². The molecule has 1 N–H and O–H groups in total. The Morgan fingerprint density at radius 2 is 1.92 bits per heavy atom. The van der Waals surface area contributed by atoms with E-state index in [1.165, 1.54) is 0 Å². The average molecular weight is 204 g/mol. The van der Waals surface area contributed by atoms with E-state index in [9.17, 15) is 0 Å². The van der Waals surface area contributed by atoms with Gasteiger partial charge in [0, 0.05) is 22.6 Å². The van der Waals surface area contributed by atoms with Crippen LogP contribution in [0.5, 0.6) is 0 Å². The smallest absolute Gasteiger partial charge is 0.0480 e. The maximum absolute atomic E-state index is 5.77. The van der Waals surface area contributed by atoms with Gasteiger partial charge in [0.25, 0.3) is 0 Å². The lowest BCUT2D eigenvalue weighted by Crippen LogP contribution is -2.09. The van der Waals surface area contributed by atoms with E-state index in [1.807, 2.05) is 31.2 Å². The molecule has 0 heterocycles. The highest BCUT2D eigenvalue weighted by molar-refractivity contribution is 6.30. The Morgan fingerprint density at radius 3 is 2.42 bits per heavy atom. The van der Waals surface area contributed by atoms with Crippen molar-refractivity contribution in [1.29, 1.82) is 0 Å². The highest BCUT2D eigenvalue weighted by Gasteiger charge is 1.95. The van der Waals surface area contributed by atoms with Crippen molar-refractivity contribution in [2.75, 3.05) is 11.9 Å². The molecule has 0 spiro atoms. The summed E-state index contributed by atoms with van der Waals surface area (Å²) in [5, 5.41) is 4.07. The van der Waals surface area contributed by atoms with E-state index in [1.54, 1.807) is 0 Å². The van der Waals surface area contributed by atoms with Crippen LogP contribution in [0.1, 0.15) is 6.92 Å². The number of alkyl halides is 1. The van der Waals surface area contributed by atoms with Crippen molar-refractivity contribution < 1.29 is 0 Å². The summed E-state index contributed by atoms with van der Waals surface area (Å²) in [6, 6.07) is 7.56. The summed E-state index contributed by atoms with van der Waals surface area (Å²) < 4.78 is 0. The number of benzene rings is 1. The maximum atomic E-state index is 5.77. The first-order valence-electron chi connectivity index (χ1n) is 3.82. The van der Waals surface area contributed by atoms with Crippen molar-refractivity contribution in [3.8, 4) is 0 Å². The number of hydrogen-bond donors (Lipinski definition) is 1. The monoisotopic (exact) mass is 203 g/mol. The minimum absolute atomic E-state index is 0.140. The van der Waals surface area contributed by atoms with Crippen LogP contribution in [0.25, 0.3) is 0 Å². The summed E-state index contributed by atoms with van der Waals surface area (Å²) in [7, 11) is 0. The van der Waals surface area contributed by atoms with E-state index in [-0.39, 0.29) is 5.38 Å². The molecule has 66 valence electrons. The summed E-state index contributed by atoms with van der Waals surface area (Å²) in [4.78, 5) is 0. The number of nitrogens with one attached hydrogen (secondary N) is 1. The van der Waals surface area contributed by atoms with Crippen LogP contribution in [0.3, 0.4) is 0 Å². The largest absolute Gasteiger partial charge is 0.384 e. The Morgan fingerprint density at radius 1 is 1.33 bits per heavy atom. The molecule has 0 saturated heterocycles. The molecule has 1 aromatic carbocycles. The highest BCUT2D eigenvalue weighted by Crippen LogP contribution is 2.13. The van der Waals surface area contributed by atoms with E-state index in [0.29, 0.717) is 0 Å². The van der Waals surface area contributed by atoms with Crippen molar-refractivity contribution >= 4 is 28.9 Å². The van der Waals surface area contributed by atoms with Gasteiger partial charge in [0.1, 0.15) is 0 Å². The summed E-state index contributed by atoms with van der Waals surface area (Å²) >= 11 is 11.5. The lowest BCUT2D eigenvalue weighted by Gasteiger charge is -2.06. The Kier molecular flexibility index (Phi) is 3.70. The molecule has 1 nitrogen and oxygen atoms in total. The van der Waals surface area contributed by atoms with Gasteiger partial charge in [-0.25, -0.2) is 0 Å². The average Bonchev–Trinajstić information content (AvgIpc) is 2.03. The van der Waals surface area contributed by atoms with Gasteiger partial charge in [0.2, 0.25) is 0 Å². The molecule has 1 rings (SSSR count). The van der Waals surface area contributed by atoms with E-state index in [0.717, 1.165) is 17.3 Å². The number of halogens is 2. The van der Waals surface area contributed by atoms with Gasteiger partial charge in [0.05, 0.1) is 0 Å². The molecule has 1 unspecified atom stereocenters. The van der Waals surface area contributed by atoms with Crippen LogP contribution in [-0.4, -0.2) is 11.9 Å². The van der Waals surface area contributed by atoms with Gasteiger partial charge in [-0.1, -0.05) is 11.6 Å². The third-order valence-electron chi connectivity index (χ3n) is 1.43. The summed E-state index contributed by atoms with van der Waals surface area (Å²) in [6.07, 6.45) is 0. The molecule has 0 aliphatic carbocycles.